The summed E-state index contributed by atoms with van der Waals surface area (Å²) in [6, 6.07) is 11.1. The molecule has 0 unspecified atom stereocenters. The number of rotatable bonds is 4. The molecular weight excluding hydrogens is 365 g/mol. The van der Waals surface area contributed by atoms with E-state index in [9.17, 15) is 27.6 Å². The zero-order valence-corrected chi connectivity index (χ0v) is 14.0. The fraction of sp³-hybridized carbons (Fsp3) is 0.167. The van der Waals surface area contributed by atoms with Crippen molar-refractivity contribution >= 4 is 23.4 Å². The fourth-order valence-electron chi connectivity index (χ4n) is 2.69. The van der Waals surface area contributed by atoms with Crippen molar-refractivity contribution in [2.45, 2.75) is 6.18 Å². The number of hydrogen-bond acceptors (Lipinski definition) is 4. The van der Waals surface area contributed by atoms with E-state index in [0.29, 0.717) is 15.5 Å². The van der Waals surface area contributed by atoms with Gasteiger partial charge >= 0.3 is 12.1 Å². The summed E-state index contributed by atoms with van der Waals surface area (Å²) >= 11 is 0. The molecule has 0 atom stereocenters. The molecule has 0 fully saturated rings. The maximum atomic E-state index is 13.1. The second-order valence-corrected chi connectivity index (χ2v) is 5.65. The van der Waals surface area contributed by atoms with Crippen molar-refractivity contribution in [2.24, 2.45) is 0 Å². The van der Waals surface area contributed by atoms with E-state index in [0.717, 1.165) is 0 Å². The second-order valence-electron chi connectivity index (χ2n) is 5.65. The number of methoxy groups -OCH3 is 1. The average Bonchev–Trinajstić information content (AvgIpc) is 2.90. The van der Waals surface area contributed by atoms with Gasteiger partial charge in [-0.3, -0.25) is 24.2 Å². The Hall–Kier alpha value is -3.36. The summed E-state index contributed by atoms with van der Waals surface area (Å²) in [6.45, 7) is -0.864. The number of halogens is 3. The SMILES string of the molecule is COc1ccc(N(CN2C(=O)c3ccccc3C2=O)C(=O)C(F)(F)F)cc1. The normalized spacial score (nSPS) is 13.6. The predicted octanol–water partition coefficient (Wildman–Crippen LogP) is 2.84. The Balaban J connectivity index is 1.96. The molecule has 3 rings (SSSR count). The van der Waals surface area contributed by atoms with Crippen LogP contribution in [0.5, 0.6) is 5.75 Å². The zero-order valence-electron chi connectivity index (χ0n) is 14.0. The minimum atomic E-state index is -5.18. The van der Waals surface area contributed by atoms with E-state index in [4.69, 9.17) is 4.74 Å². The topological polar surface area (TPSA) is 66.9 Å². The first-order valence-corrected chi connectivity index (χ1v) is 7.72. The molecule has 0 spiro atoms. The van der Waals surface area contributed by atoms with E-state index in [1.807, 2.05) is 0 Å². The monoisotopic (exact) mass is 378 g/mol. The summed E-state index contributed by atoms with van der Waals surface area (Å²) in [5.41, 5.74) is 0.0305. The minimum Gasteiger partial charge on any atom is -0.497 e. The van der Waals surface area contributed by atoms with Gasteiger partial charge in [0.05, 0.1) is 18.2 Å². The third kappa shape index (κ3) is 3.35. The second kappa shape index (κ2) is 6.75. The number of amides is 3. The quantitative estimate of drug-likeness (QED) is 0.768. The van der Waals surface area contributed by atoms with Crippen LogP contribution in [0.3, 0.4) is 0 Å². The Kier molecular flexibility index (Phi) is 4.61. The molecule has 2 aromatic carbocycles. The number of nitrogens with zero attached hydrogens (tertiary/aromatic N) is 2. The van der Waals surface area contributed by atoms with Crippen molar-refractivity contribution in [3.05, 3.63) is 59.7 Å². The molecule has 27 heavy (non-hydrogen) atoms. The zero-order chi connectivity index (χ0) is 19.8. The first-order chi connectivity index (χ1) is 12.7. The molecular formula is C18H13F3N2O4. The van der Waals surface area contributed by atoms with Crippen LogP contribution in [-0.2, 0) is 4.79 Å². The lowest BCUT2D eigenvalue weighted by atomic mass is 10.1. The van der Waals surface area contributed by atoms with Crippen molar-refractivity contribution < 1.29 is 32.3 Å². The van der Waals surface area contributed by atoms with Gasteiger partial charge in [0.1, 0.15) is 12.4 Å². The van der Waals surface area contributed by atoms with Crippen LogP contribution >= 0.6 is 0 Å². The van der Waals surface area contributed by atoms with Gasteiger partial charge in [0.25, 0.3) is 11.8 Å². The Labute approximate surface area is 151 Å². The molecule has 0 aliphatic carbocycles. The van der Waals surface area contributed by atoms with Gasteiger partial charge < -0.3 is 4.74 Å². The molecule has 0 saturated carbocycles. The van der Waals surface area contributed by atoms with Crippen LogP contribution in [0.25, 0.3) is 0 Å². The van der Waals surface area contributed by atoms with Gasteiger partial charge in [-0.25, -0.2) is 0 Å². The number of fused-ring (bicyclic) bond motifs is 1. The van der Waals surface area contributed by atoms with Crippen molar-refractivity contribution in [1.29, 1.82) is 0 Å². The number of carbonyl (C=O) groups is 3. The lowest BCUT2D eigenvalue weighted by Crippen LogP contribution is -2.49. The van der Waals surface area contributed by atoms with E-state index < -0.39 is 30.6 Å². The van der Waals surface area contributed by atoms with Gasteiger partial charge in [0.15, 0.2) is 0 Å². The van der Waals surface area contributed by atoms with Gasteiger partial charge in [-0.05, 0) is 36.4 Å². The van der Waals surface area contributed by atoms with Crippen molar-refractivity contribution in [3.63, 3.8) is 0 Å². The molecule has 3 amide bonds. The van der Waals surface area contributed by atoms with Crippen LogP contribution in [0.4, 0.5) is 18.9 Å². The lowest BCUT2D eigenvalue weighted by molar-refractivity contribution is -0.170. The Morgan fingerprint density at radius 2 is 1.52 bits per heavy atom. The standard InChI is InChI=1S/C18H13F3N2O4/c1-27-12-8-6-11(7-9-12)22(17(26)18(19,20)21)10-23-15(24)13-4-2-3-5-14(13)16(23)25/h2-9H,10H2,1H3. The van der Waals surface area contributed by atoms with Crippen molar-refractivity contribution in [3.8, 4) is 5.75 Å². The van der Waals surface area contributed by atoms with Crippen LogP contribution in [-0.4, -0.2) is 42.6 Å². The number of imide groups is 1. The van der Waals surface area contributed by atoms with Crippen molar-refractivity contribution in [1.82, 2.24) is 4.90 Å². The molecule has 1 aliphatic rings. The molecule has 0 radical (unpaired) electrons. The Morgan fingerprint density at radius 1 is 1.00 bits per heavy atom. The maximum Gasteiger partial charge on any atom is 0.471 e. The van der Waals surface area contributed by atoms with E-state index in [-0.39, 0.29) is 16.8 Å². The maximum absolute atomic E-state index is 13.1. The number of carbonyl (C=O) groups excluding carboxylic acids is 3. The molecule has 2 aromatic rings. The molecule has 140 valence electrons. The largest absolute Gasteiger partial charge is 0.497 e. The average molecular weight is 378 g/mol. The third-order valence-corrected chi connectivity index (χ3v) is 4.03. The van der Waals surface area contributed by atoms with Gasteiger partial charge in [-0.2, -0.15) is 13.2 Å². The molecule has 0 bridgehead atoms. The Bertz CT molecular complexity index is 875. The summed E-state index contributed by atoms with van der Waals surface area (Å²) < 4.78 is 44.1. The Morgan fingerprint density at radius 3 is 1.96 bits per heavy atom. The highest BCUT2D eigenvalue weighted by atomic mass is 19.4. The summed E-state index contributed by atoms with van der Waals surface area (Å²) in [5, 5.41) is 0. The highest BCUT2D eigenvalue weighted by Crippen LogP contribution is 2.28. The van der Waals surface area contributed by atoms with Gasteiger partial charge in [-0.1, -0.05) is 12.1 Å². The van der Waals surface area contributed by atoms with Crippen LogP contribution < -0.4 is 9.64 Å². The lowest BCUT2D eigenvalue weighted by Gasteiger charge is -2.27. The molecule has 9 heteroatoms. The summed E-state index contributed by atoms with van der Waals surface area (Å²) in [6.07, 6.45) is -5.18. The number of alkyl halides is 3. The van der Waals surface area contributed by atoms with Crippen molar-refractivity contribution in [2.75, 3.05) is 18.7 Å². The van der Waals surface area contributed by atoms with Gasteiger partial charge in [0, 0.05) is 5.69 Å². The molecule has 0 saturated heterocycles. The highest BCUT2D eigenvalue weighted by molar-refractivity contribution is 6.21. The van der Waals surface area contributed by atoms with Crippen LogP contribution in [0.15, 0.2) is 48.5 Å². The van der Waals surface area contributed by atoms with Crippen LogP contribution in [0, 0.1) is 0 Å². The summed E-state index contributed by atoms with van der Waals surface area (Å²) in [4.78, 5) is 37.7. The molecule has 1 aliphatic heterocycles. The van der Waals surface area contributed by atoms with E-state index in [1.54, 1.807) is 0 Å². The van der Waals surface area contributed by atoms with Crippen LogP contribution in [0.2, 0.25) is 0 Å². The van der Waals surface area contributed by atoms with E-state index in [1.165, 1.54) is 55.6 Å². The molecule has 1 heterocycles. The smallest absolute Gasteiger partial charge is 0.471 e. The number of hydrogen-bond donors (Lipinski definition) is 0. The third-order valence-electron chi connectivity index (χ3n) is 4.03. The summed E-state index contributed by atoms with van der Waals surface area (Å²) in [5.74, 6) is -3.34. The van der Waals surface area contributed by atoms with Crippen LogP contribution in [0.1, 0.15) is 20.7 Å². The number of benzene rings is 2. The van der Waals surface area contributed by atoms with E-state index >= 15 is 0 Å². The van der Waals surface area contributed by atoms with E-state index in [2.05, 4.69) is 0 Å². The van der Waals surface area contributed by atoms with Gasteiger partial charge in [0.2, 0.25) is 0 Å². The molecule has 0 N–H and O–H groups in total. The summed E-state index contributed by atoms with van der Waals surface area (Å²) in [7, 11) is 1.38. The number of anilines is 1. The fourth-order valence-corrected chi connectivity index (χ4v) is 2.69. The first-order valence-electron chi connectivity index (χ1n) is 7.72. The predicted molar refractivity (Wildman–Crippen MR) is 88.3 cm³/mol. The first kappa shape index (κ1) is 18.4. The molecule has 0 aromatic heterocycles. The minimum absolute atomic E-state index is 0.0802. The van der Waals surface area contributed by atoms with Gasteiger partial charge in [-0.15, -0.1) is 0 Å². The molecule has 6 nitrogen and oxygen atoms in total. The number of ether oxygens (including phenoxy) is 1. The highest BCUT2D eigenvalue weighted by Gasteiger charge is 2.45.